The van der Waals surface area contributed by atoms with Crippen molar-refractivity contribution in [1.29, 1.82) is 0 Å². The lowest BCUT2D eigenvalue weighted by molar-refractivity contribution is 0.223. The molecule has 1 fully saturated rings. The highest BCUT2D eigenvalue weighted by Crippen LogP contribution is 2.25. The summed E-state index contributed by atoms with van der Waals surface area (Å²) in [6.07, 6.45) is 6.40. The van der Waals surface area contributed by atoms with Crippen molar-refractivity contribution in [3.05, 3.63) is 54.6 Å². The number of aryl methyl sites for hydroxylation is 1. The number of rotatable bonds is 6. The first-order valence-corrected chi connectivity index (χ1v) is 12.3. The minimum atomic E-state index is -3.25. The third-order valence-electron chi connectivity index (χ3n) is 5.55. The quantitative estimate of drug-likeness (QED) is 0.439. The first kappa shape index (κ1) is 20.5. The zero-order valence-corrected chi connectivity index (χ0v) is 18.6. The fraction of sp³-hybridized carbons (Fsp3) is 0.318. The van der Waals surface area contributed by atoms with Crippen LogP contribution in [0.25, 0.3) is 16.7 Å². The number of hydrogen-bond donors (Lipinski definition) is 0. The van der Waals surface area contributed by atoms with Crippen LogP contribution in [-0.4, -0.2) is 53.6 Å². The summed E-state index contributed by atoms with van der Waals surface area (Å²) in [6, 6.07) is 11.3. The molecule has 0 spiro atoms. The van der Waals surface area contributed by atoms with Crippen molar-refractivity contribution >= 4 is 26.8 Å². The number of anilines is 1. The van der Waals surface area contributed by atoms with Crippen LogP contribution >= 0.6 is 0 Å². The molecule has 0 saturated carbocycles. The second kappa shape index (κ2) is 7.94. The number of hydrogen-bond acceptors (Lipinski definition) is 8. The number of fused-ring (bicyclic) bond motifs is 1. The highest BCUT2D eigenvalue weighted by molar-refractivity contribution is 7.90. The van der Waals surface area contributed by atoms with Crippen LogP contribution in [-0.2, 0) is 16.3 Å². The van der Waals surface area contributed by atoms with E-state index in [-0.39, 0.29) is 6.10 Å². The lowest BCUT2D eigenvalue weighted by Crippen LogP contribution is -2.24. The van der Waals surface area contributed by atoms with Crippen LogP contribution in [0, 0.1) is 0 Å². The van der Waals surface area contributed by atoms with Gasteiger partial charge >= 0.3 is 6.01 Å². The summed E-state index contributed by atoms with van der Waals surface area (Å²) in [5.41, 5.74) is 0.885. The molecule has 0 bridgehead atoms. The average molecular weight is 454 g/mol. The van der Waals surface area contributed by atoms with Gasteiger partial charge in [0, 0.05) is 37.2 Å². The van der Waals surface area contributed by atoms with Crippen molar-refractivity contribution in [3.8, 4) is 11.6 Å². The van der Waals surface area contributed by atoms with Crippen molar-refractivity contribution in [2.45, 2.75) is 30.8 Å². The molecule has 1 atom stereocenters. The zero-order valence-electron chi connectivity index (χ0n) is 17.8. The van der Waals surface area contributed by atoms with Crippen LogP contribution in [0.15, 0.2) is 58.2 Å². The Labute approximate surface area is 185 Å². The fourth-order valence-corrected chi connectivity index (χ4v) is 4.50. The summed E-state index contributed by atoms with van der Waals surface area (Å²) in [5.74, 6) is 2.12. The molecule has 0 N–H and O–H groups in total. The Bertz CT molecular complexity index is 1360. The van der Waals surface area contributed by atoms with Crippen LogP contribution < -0.4 is 9.64 Å². The number of pyridine rings is 1. The Hall–Kier alpha value is -3.40. The maximum Gasteiger partial charge on any atom is 0.324 e. The summed E-state index contributed by atoms with van der Waals surface area (Å²) in [6.45, 7) is 3.47. The molecular weight excluding hydrogens is 430 g/mol. The van der Waals surface area contributed by atoms with Gasteiger partial charge in [-0.3, -0.25) is 0 Å². The Morgan fingerprint density at radius 2 is 2.09 bits per heavy atom. The summed E-state index contributed by atoms with van der Waals surface area (Å²) in [7, 11) is -3.25. The molecule has 10 heteroatoms. The molecule has 0 aliphatic carbocycles. The Morgan fingerprint density at radius 3 is 2.81 bits per heavy atom. The van der Waals surface area contributed by atoms with Crippen molar-refractivity contribution in [3.63, 3.8) is 0 Å². The predicted molar refractivity (Wildman–Crippen MR) is 119 cm³/mol. The van der Waals surface area contributed by atoms with E-state index >= 15 is 0 Å². The molecule has 32 heavy (non-hydrogen) atoms. The van der Waals surface area contributed by atoms with Crippen LogP contribution in [0.2, 0.25) is 0 Å². The van der Waals surface area contributed by atoms with Gasteiger partial charge in [0.25, 0.3) is 0 Å². The van der Waals surface area contributed by atoms with Crippen LogP contribution in [0.3, 0.4) is 0 Å². The van der Waals surface area contributed by atoms with E-state index in [1.807, 2.05) is 40.8 Å². The van der Waals surface area contributed by atoms with Crippen LogP contribution in [0.4, 0.5) is 6.01 Å². The second-order valence-corrected chi connectivity index (χ2v) is 9.87. The van der Waals surface area contributed by atoms with Crippen molar-refractivity contribution in [2.75, 3.05) is 24.2 Å². The van der Waals surface area contributed by atoms with Gasteiger partial charge in [-0.2, -0.15) is 4.98 Å². The van der Waals surface area contributed by atoms with E-state index in [0.717, 1.165) is 36.1 Å². The van der Waals surface area contributed by atoms with E-state index in [2.05, 4.69) is 15.1 Å². The number of aromatic nitrogens is 4. The Balaban J connectivity index is 1.28. The fourth-order valence-electron chi connectivity index (χ4n) is 3.84. The standard InChI is InChI=1S/C22H23N5O4S/c1-3-20-24-22(31-25-20)26-10-9-17(14-26)30-16-4-7-21(23-13-16)27-11-8-15-12-18(32(2,28)29)5-6-19(15)27/h4-8,11-13,17H,3,9-10,14H2,1-2H3. The van der Waals surface area contributed by atoms with Crippen molar-refractivity contribution in [2.24, 2.45) is 0 Å². The van der Waals surface area contributed by atoms with Crippen molar-refractivity contribution in [1.82, 2.24) is 19.7 Å². The maximum absolute atomic E-state index is 11.8. The number of ether oxygens (including phenoxy) is 1. The zero-order chi connectivity index (χ0) is 22.3. The summed E-state index contributed by atoms with van der Waals surface area (Å²) in [4.78, 5) is 11.3. The normalized spacial score (nSPS) is 16.7. The lowest BCUT2D eigenvalue weighted by atomic mass is 10.2. The number of nitrogens with zero attached hydrogens (tertiary/aromatic N) is 5. The monoisotopic (exact) mass is 453 g/mol. The molecule has 4 heterocycles. The number of sulfone groups is 1. The van der Waals surface area contributed by atoms with Gasteiger partial charge < -0.3 is 18.7 Å². The molecular formula is C22H23N5O4S. The van der Waals surface area contributed by atoms with E-state index in [1.165, 1.54) is 6.26 Å². The van der Waals surface area contributed by atoms with Crippen LogP contribution in [0.5, 0.6) is 5.75 Å². The molecule has 1 saturated heterocycles. The third kappa shape index (κ3) is 3.93. The SMILES string of the molecule is CCc1noc(N2CCC(Oc3ccc(-n4ccc5cc(S(C)(=O)=O)ccc54)nc3)C2)n1. The van der Waals surface area contributed by atoms with Gasteiger partial charge in [0.2, 0.25) is 0 Å². The van der Waals surface area contributed by atoms with Gasteiger partial charge in [-0.05, 0) is 36.4 Å². The molecule has 0 radical (unpaired) electrons. The highest BCUT2D eigenvalue weighted by Gasteiger charge is 2.27. The van der Waals surface area contributed by atoms with Gasteiger partial charge in [-0.1, -0.05) is 12.1 Å². The van der Waals surface area contributed by atoms with Gasteiger partial charge in [0.15, 0.2) is 15.7 Å². The van der Waals surface area contributed by atoms with Crippen molar-refractivity contribution < 1.29 is 17.7 Å². The molecule has 1 unspecified atom stereocenters. The average Bonchev–Trinajstić information content (AvgIpc) is 3.52. The Kier molecular flexibility index (Phi) is 5.09. The smallest absolute Gasteiger partial charge is 0.324 e. The summed E-state index contributed by atoms with van der Waals surface area (Å²) < 4.78 is 36.9. The molecule has 1 aromatic carbocycles. The molecule has 1 aliphatic rings. The first-order chi connectivity index (χ1) is 15.4. The lowest BCUT2D eigenvalue weighted by Gasteiger charge is -2.15. The summed E-state index contributed by atoms with van der Waals surface area (Å²) in [5, 5.41) is 4.79. The van der Waals surface area contributed by atoms with E-state index in [0.29, 0.717) is 29.0 Å². The summed E-state index contributed by atoms with van der Waals surface area (Å²) >= 11 is 0. The van der Waals surface area contributed by atoms with Gasteiger partial charge in [-0.25, -0.2) is 13.4 Å². The molecule has 3 aromatic heterocycles. The second-order valence-electron chi connectivity index (χ2n) is 7.85. The van der Waals surface area contributed by atoms with E-state index in [1.54, 1.807) is 24.4 Å². The molecule has 9 nitrogen and oxygen atoms in total. The van der Waals surface area contributed by atoms with E-state index in [9.17, 15) is 8.42 Å². The van der Waals surface area contributed by atoms with E-state index in [4.69, 9.17) is 9.26 Å². The molecule has 0 amide bonds. The third-order valence-corrected chi connectivity index (χ3v) is 6.66. The first-order valence-electron chi connectivity index (χ1n) is 10.4. The minimum Gasteiger partial charge on any atom is -0.487 e. The minimum absolute atomic E-state index is 0.0152. The van der Waals surface area contributed by atoms with Gasteiger partial charge in [0.05, 0.1) is 23.2 Å². The molecule has 166 valence electrons. The highest BCUT2D eigenvalue weighted by atomic mass is 32.2. The predicted octanol–water partition coefficient (Wildman–Crippen LogP) is 3.03. The maximum atomic E-state index is 11.8. The topological polar surface area (TPSA) is 103 Å². The Morgan fingerprint density at radius 1 is 1.22 bits per heavy atom. The largest absolute Gasteiger partial charge is 0.487 e. The molecule has 5 rings (SSSR count). The van der Waals surface area contributed by atoms with Crippen LogP contribution in [0.1, 0.15) is 19.2 Å². The molecule has 1 aliphatic heterocycles. The molecule has 4 aromatic rings. The van der Waals surface area contributed by atoms with E-state index < -0.39 is 9.84 Å². The van der Waals surface area contributed by atoms with Gasteiger partial charge in [0.1, 0.15) is 17.7 Å². The number of benzene rings is 1. The van der Waals surface area contributed by atoms with Gasteiger partial charge in [-0.15, -0.1) is 0 Å².